The van der Waals surface area contributed by atoms with Crippen molar-refractivity contribution in [2.75, 3.05) is 13.4 Å². The van der Waals surface area contributed by atoms with Gasteiger partial charge in [0, 0.05) is 0 Å². The van der Waals surface area contributed by atoms with Crippen molar-refractivity contribution >= 4 is 23.9 Å². The molecular formula is C23H26N4O8. The Morgan fingerprint density at radius 2 is 1.89 bits per heavy atom. The Kier molecular flexibility index (Phi) is 8.21. The Morgan fingerprint density at radius 1 is 1.20 bits per heavy atom. The van der Waals surface area contributed by atoms with Crippen LogP contribution in [0.5, 0.6) is 11.5 Å². The average Bonchev–Trinajstić information content (AvgIpc) is 3.24. The molecule has 1 aliphatic rings. The Morgan fingerprint density at radius 3 is 2.54 bits per heavy atom. The Bertz CT molecular complexity index is 1100. The second-order valence-electron chi connectivity index (χ2n) is 8.46. The van der Waals surface area contributed by atoms with E-state index in [4.69, 9.17) is 18.9 Å². The van der Waals surface area contributed by atoms with Gasteiger partial charge in [-0.05, 0) is 32.4 Å². The molecule has 0 fully saturated rings. The van der Waals surface area contributed by atoms with Crippen LogP contribution in [0.2, 0.25) is 0 Å². The molecule has 12 nitrogen and oxygen atoms in total. The third-order valence-electron chi connectivity index (χ3n) is 4.50. The number of rotatable bonds is 9. The zero-order valence-corrected chi connectivity index (χ0v) is 19.5. The van der Waals surface area contributed by atoms with E-state index >= 15 is 0 Å². The molecule has 0 unspecified atom stereocenters. The molecule has 0 aliphatic carbocycles. The molecule has 1 atom stereocenters. The summed E-state index contributed by atoms with van der Waals surface area (Å²) in [4.78, 5) is 35.7. The van der Waals surface area contributed by atoms with Crippen molar-refractivity contribution < 1.29 is 33.5 Å². The Labute approximate surface area is 201 Å². The third-order valence-corrected chi connectivity index (χ3v) is 4.50. The predicted octanol–water partition coefficient (Wildman–Crippen LogP) is 2.88. The fourth-order valence-electron chi connectivity index (χ4n) is 2.95. The summed E-state index contributed by atoms with van der Waals surface area (Å²) < 4.78 is 21.2. The number of fused-ring (bicyclic) bond motifs is 1. The largest absolute Gasteiger partial charge is 0.454 e. The molecule has 186 valence electrons. The van der Waals surface area contributed by atoms with E-state index in [9.17, 15) is 19.7 Å². The lowest BCUT2D eigenvalue weighted by Gasteiger charge is -2.22. The first-order valence-corrected chi connectivity index (χ1v) is 10.6. The molecule has 12 heteroatoms. The van der Waals surface area contributed by atoms with Crippen molar-refractivity contribution in [3.05, 3.63) is 63.7 Å². The van der Waals surface area contributed by atoms with Crippen molar-refractivity contribution in [1.29, 1.82) is 0 Å². The van der Waals surface area contributed by atoms with E-state index in [1.165, 1.54) is 12.1 Å². The normalized spacial score (nSPS) is 13.3. The lowest BCUT2D eigenvalue weighted by Crippen LogP contribution is -2.49. The molecule has 1 heterocycles. The van der Waals surface area contributed by atoms with Crippen molar-refractivity contribution in [3.8, 4) is 11.5 Å². The minimum atomic E-state index is -1.14. The van der Waals surface area contributed by atoms with Crippen LogP contribution in [0.1, 0.15) is 31.9 Å². The van der Waals surface area contributed by atoms with E-state index < -0.39 is 28.6 Å². The number of hydrogen-bond donors (Lipinski definition) is 2. The second-order valence-corrected chi connectivity index (χ2v) is 8.46. The number of hydrazone groups is 1. The number of nitro groups is 1. The van der Waals surface area contributed by atoms with Crippen LogP contribution in [0.3, 0.4) is 0 Å². The summed E-state index contributed by atoms with van der Waals surface area (Å²) in [5.41, 5.74) is 2.20. The predicted molar refractivity (Wildman–Crippen MR) is 124 cm³/mol. The topological polar surface area (TPSA) is 151 Å². The summed E-state index contributed by atoms with van der Waals surface area (Å²) >= 11 is 0. The minimum Gasteiger partial charge on any atom is -0.454 e. The minimum absolute atomic E-state index is 0.0508. The van der Waals surface area contributed by atoms with Gasteiger partial charge in [-0.3, -0.25) is 14.9 Å². The zero-order chi connectivity index (χ0) is 25.4. The van der Waals surface area contributed by atoms with E-state index in [0.29, 0.717) is 5.75 Å². The van der Waals surface area contributed by atoms with Gasteiger partial charge in [0.05, 0.1) is 36.0 Å². The molecular weight excluding hydrogens is 460 g/mol. The van der Waals surface area contributed by atoms with Crippen LogP contribution in [0.4, 0.5) is 10.5 Å². The van der Waals surface area contributed by atoms with E-state index in [0.717, 1.165) is 11.8 Å². The van der Waals surface area contributed by atoms with Gasteiger partial charge in [-0.25, -0.2) is 10.2 Å². The van der Waals surface area contributed by atoms with Gasteiger partial charge in [-0.2, -0.15) is 5.10 Å². The summed E-state index contributed by atoms with van der Waals surface area (Å²) in [5.74, 6) is -0.138. The monoisotopic (exact) mass is 486 g/mol. The number of amides is 2. The van der Waals surface area contributed by atoms with Crippen molar-refractivity contribution in [1.82, 2.24) is 10.7 Å². The maximum atomic E-state index is 12.7. The molecule has 0 saturated carbocycles. The summed E-state index contributed by atoms with van der Waals surface area (Å²) in [7, 11) is 0. The molecule has 2 amide bonds. The lowest BCUT2D eigenvalue weighted by molar-refractivity contribution is -0.385. The Hall–Kier alpha value is -4.19. The average molecular weight is 486 g/mol. The van der Waals surface area contributed by atoms with E-state index in [2.05, 4.69) is 15.8 Å². The summed E-state index contributed by atoms with van der Waals surface area (Å²) in [6.07, 6.45) is 0.296. The number of ether oxygens (including phenoxy) is 4. The van der Waals surface area contributed by atoms with Gasteiger partial charge in [0.1, 0.15) is 11.6 Å². The van der Waals surface area contributed by atoms with Crippen LogP contribution in [0.25, 0.3) is 0 Å². The zero-order valence-electron chi connectivity index (χ0n) is 19.5. The quantitative estimate of drug-likeness (QED) is 0.312. The maximum Gasteiger partial charge on any atom is 0.408 e. The van der Waals surface area contributed by atoms with Gasteiger partial charge in [0.15, 0.2) is 11.5 Å². The fraction of sp³-hybridized carbons (Fsp3) is 0.348. The number of nitro benzene ring substituents is 1. The summed E-state index contributed by atoms with van der Waals surface area (Å²) in [6, 6.07) is 10.8. The fourth-order valence-corrected chi connectivity index (χ4v) is 2.95. The first kappa shape index (κ1) is 25.4. The van der Waals surface area contributed by atoms with E-state index in [1.54, 1.807) is 20.8 Å². The van der Waals surface area contributed by atoms with Gasteiger partial charge in [-0.1, -0.05) is 30.3 Å². The standard InChI is InChI=1S/C23H26N4O8/c1-23(2,3)35-22(29)25-17(13-32-12-15-7-5-4-6-8-15)21(28)26-24-11-16-9-19-20(34-14-33-19)10-18(16)27(30)31/h4-11,17H,12-14H2,1-3H3,(H,25,29)(H,26,28)/b24-11-/t17-/m0/s1. The molecule has 2 aromatic rings. The number of alkyl carbamates (subject to hydrolysis) is 1. The highest BCUT2D eigenvalue weighted by Gasteiger charge is 2.25. The van der Waals surface area contributed by atoms with E-state index in [1.807, 2.05) is 30.3 Å². The summed E-state index contributed by atoms with van der Waals surface area (Å²) in [5, 5.41) is 17.6. The van der Waals surface area contributed by atoms with Crippen molar-refractivity contribution in [2.45, 2.75) is 39.0 Å². The Balaban J connectivity index is 1.67. The first-order valence-electron chi connectivity index (χ1n) is 10.6. The molecule has 1 aliphatic heterocycles. The molecule has 3 rings (SSSR count). The highest BCUT2D eigenvalue weighted by molar-refractivity contribution is 5.90. The molecule has 0 radical (unpaired) electrons. The molecule has 0 aromatic heterocycles. The van der Waals surface area contributed by atoms with Crippen molar-refractivity contribution in [3.63, 3.8) is 0 Å². The van der Waals surface area contributed by atoms with Gasteiger partial charge in [0.25, 0.3) is 11.6 Å². The molecule has 0 spiro atoms. The third kappa shape index (κ3) is 7.67. The smallest absolute Gasteiger partial charge is 0.408 e. The molecule has 35 heavy (non-hydrogen) atoms. The second kappa shape index (κ2) is 11.3. The van der Waals surface area contributed by atoms with E-state index in [-0.39, 0.29) is 37.0 Å². The first-order chi connectivity index (χ1) is 16.6. The van der Waals surface area contributed by atoms with Crippen LogP contribution in [-0.2, 0) is 20.9 Å². The van der Waals surface area contributed by atoms with Crippen LogP contribution in [0.15, 0.2) is 47.6 Å². The highest BCUT2D eigenvalue weighted by atomic mass is 16.7. The molecule has 2 N–H and O–H groups in total. The number of nitrogens with one attached hydrogen (secondary N) is 2. The van der Waals surface area contributed by atoms with Crippen LogP contribution in [0, 0.1) is 10.1 Å². The number of benzene rings is 2. The molecule has 0 saturated heterocycles. The maximum absolute atomic E-state index is 12.7. The van der Waals surface area contributed by atoms with Crippen LogP contribution < -0.4 is 20.2 Å². The van der Waals surface area contributed by atoms with Crippen LogP contribution >= 0.6 is 0 Å². The highest BCUT2D eigenvalue weighted by Crippen LogP contribution is 2.37. The number of carbonyl (C=O) groups is 2. The van der Waals surface area contributed by atoms with Gasteiger partial charge < -0.3 is 24.3 Å². The SMILES string of the molecule is CC(C)(C)OC(=O)N[C@@H](COCc1ccccc1)C(=O)N/N=C\c1cc2c(cc1[N+](=O)[O-])OCO2. The van der Waals surface area contributed by atoms with Crippen molar-refractivity contribution in [2.24, 2.45) is 5.10 Å². The molecule has 0 bridgehead atoms. The molecule has 2 aromatic carbocycles. The number of carbonyl (C=O) groups excluding carboxylic acids is 2. The number of hydrogen-bond acceptors (Lipinski definition) is 9. The number of nitrogens with zero attached hydrogens (tertiary/aromatic N) is 2. The van der Waals surface area contributed by atoms with Gasteiger partial charge >= 0.3 is 6.09 Å². The van der Waals surface area contributed by atoms with Gasteiger partial charge in [0.2, 0.25) is 6.79 Å². The summed E-state index contributed by atoms with van der Waals surface area (Å²) in [6.45, 7) is 5.07. The van der Waals surface area contributed by atoms with Gasteiger partial charge in [-0.15, -0.1) is 0 Å². The lowest BCUT2D eigenvalue weighted by atomic mass is 10.1. The van der Waals surface area contributed by atoms with Crippen LogP contribution in [-0.4, -0.2) is 48.2 Å².